The summed E-state index contributed by atoms with van der Waals surface area (Å²) in [4.78, 5) is 16.8. The maximum Gasteiger partial charge on any atom is 0.138 e. The molecule has 0 aliphatic rings. The molecule has 0 atom stereocenters. The zero-order valence-electron chi connectivity index (χ0n) is 10.3. The first kappa shape index (κ1) is 12.8. The minimum atomic E-state index is 0.259. The molecule has 18 heavy (non-hydrogen) atoms. The smallest absolute Gasteiger partial charge is 0.138 e. The van der Waals surface area contributed by atoms with Gasteiger partial charge in [0, 0.05) is 23.9 Å². The Morgan fingerprint density at radius 1 is 1.33 bits per heavy atom. The highest BCUT2D eigenvalue weighted by molar-refractivity contribution is 7.09. The van der Waals surface area contributed by atoms with Crippen LogP contribution in [0.15, 0.2) is 36.0 Å². The average molecular weight is 261 g/mol. The number of aryl methyl sites for hydroxylation is 1. The Kier molecular flexibility index (Phi) is 4.47. The molecule has 2 rings (SSSR count). The molecule has 94 valence electrons. The fourth-order valence-electron chi connectivity index (χ4n) is 1.69. The summed E-state index contributed by atoms with van der Waals surface area (Å²) in [7, 11) is 1.65. The van der Waals surface area contributed by atoms with Crippen LogP contribution in [0.4, 0.5) is 0 Å². The molecule has 0 unspecified atom stereocenters. The van der Waals surface area contributed by atoms with Crippen molar-refractivity contribution in [3.8, 4) is 5.75 Å². The van der Waals surface area contributed by atoms with E-state index in [0.717, 1.165) is 22.6 Å². The SMILES string of the molecule is COc1ccc(CCC(=O)Cc2cncs2)cc1. The molecule has 0 aliphatic carbocycles. The minimum Gasteiger partial charge on any atom is -0.497 e. The molecule has 2 aromatic rings. The summed E-state index contributed by atoms with van der Waals surface area (Å²) in [5.74, 6) is 1.10. The lowest BCUT2D eigenvalue weighted by Crippen LogP contribution is -2.03. The predicted molar refractivity (Wildman–Crippen MR) is 72.1 cm³/mol. The molecule has 4 heteroatoms. The van der Waals surface area contributed by atoms with Crippen molar-refractivity contribution in [3.05, 3.63) is 46.4 Å². The Bertz CT molecular complexity index is 491. The van der Waals surface area contributed by atoms with Crippen molar-refractivity contribution in [2.24, 2.45) is 0 Å². The van der Waals surface area contributed by atoms with Gasteiger partial charge < -0.3 is 4.74 Å². The molecule has 0 radical (unpaired) electrons. The molecule has 1 aromatic heterocycles. The number of Topliss-reactive ketones (excluding diaryl/α,β-unsaturated/α-hetero) is 1. The summed E-state index contributed by atoms with van der Waals surface area (Å²) in [6.45, 7) is 0. The van der Waals surface area contributed by atoms with E-state index in [2.05, 4.69) is 4.98 Å². The number of thiazole rings is 1. The lowest BCUT2D eigenvalue weighted by Gasteiger charge is -2.03. The molecule has 0 saturated carbocycles. The number of nitrogens with zero attached hydrogens (tertiary/aromatic N) is 1. The standard InChI is InChI=1S/C14H15NO2S/c1-17-13-6-3-11(4-7-13)2-5-12(16)8-14-9-15-10-18-14/h3-4,6-7,9-10H,2,5,8H2,1H3. The average Bonchev–Trinajstić information content (AvgIpc) is 2.90. The van der Waals surface area contributed by atoms with E-state index < -0.39 is 0 Å². The zero-order valence-corrected chi connectivity index (χ0v) is 11.1. The number of hydrogen-bond acceptors (Lipinski definition) is 4. The largest absolute Gasteiger partial charge is 0.497 e. The number of methoxy groups -OCH3 is 1. The van der Waals surface area contributed by atoms with E-state index in [4.69, 9.17) is 4.74 Å². The monoisotopic (exact) mass is 261 g/mol. The highest BCUT2D eigenvalue weighted by Crippen LogP contribution is 2.14. The van der Waals surface area contributed by atoms with Crippen molar-refractivity contribution >= 4 is 17.1 Å². The lowest BCUT2D eigenvalue weighted by atomic mass is 10.1. The van der Waals surface area contributed by atoms with Gasteiger partial charge in [-0.25, -0.2) is 0 Å². The third-order valence-electron chi connectivity index (χ3n) is 2.71. The topological polar surface area (TPSA) is 39.2 Å². The predicted octanol–water partition coefficient (Wildman–Crippen LogP) is 2.90. The summed E-state index contributed by atoms with van der Waals surface area (Å²) >= 11 is 1.53. The van der Waals surface area contributed by atoms with E-state index in [1.165, 1.54) is 11.3 Å². The van der Waals surface area contributed by atoms with Gasteiger partial charge in [-0.05, 0) is 24.1 Å². The van der Waals surface area contributed by atoms with Crippen LogP contribution in [-0.2, 0) is 17.6 Å². The van der Waals surface area contributed by atoms with Crippen molar-refractivity contribution in [1.29, 1.82) is 0 Å². The van der Waals surface area contributed by atoms with E-state index >= 15 is 0 Å². The summed E-state index contributed by atoms with van der Waals surface area (Å²) in [6, 6.07) is 7.84. The number of carbonyl (C=O) groups is 1. The van der Waals surface area contributed by atoms with Crippen molar-refractivity contribution in [3.63, 3.8) is 0 Å². The molecule has 0 N–H and O–H groups in total. The molecule has 0 bridgehead atoms. The van der Waals surface area contributed by atoms with E-state index in [9.17, 15) is 4.79 Å². The molecule has 0 spiro atoms. The van der Waals surface area contributed by atoms with Crippen molar-refractivity contribution in [1.82, 2.24) is 4.98 Å². The molecule has 1 aromatic carbocycles. The molecule has 3 nitrogen and oxygen atoms in total. The Morgan fingerprint density at radius 2 is 2.11 bits per heavy atom. The second kappa shape index (κ2) is 6.31. The summed E-state index contributed by atoms with van der Waals surface area (Å²) in [6.07, 6.45) is 3.61. The van der Waals surface area contributed by atoms with Crippen molar-refractivity contribution < 1.29 is 9.53 Å². The Labute approximate surface area is 110 Å². The van der Waals surface area contributed by atoms with Gasteiger partial charge in [0.2, 0.25) is 0 Å². The Balaban J connectivity index is 1.81. The number of rotatable bonds is 6. The number of ketones is 1. The van der Waals surface area contributed by atoms with Crippen LogP contribution in [0.3, 0.4) is 0 Å². The number of carbonyl (C=O) groups excluding carboxylic acids is 1. The Morgan fingerprint density at radius 3 is 2.72 bits per heavy atom. The van der Waals surface area contributed by atoms with E-state index in [1.54, 1.807) is 18.8 Å². The van der Waals surface area contributed by atoms with Gasteiger partial charge in [0.1, 0.15) is 11.5 Å². The second-order valence-electron chi connectivity index (χ2n) is 4.03. The van der Waals surface area contributed by atoms with Crippen LogP contribution in [-0.4, -0.2) is 17.9 Å². The Hall–Kier alpha value is -1.68. The molecule has 0 amide bonds. The van der Waals surface area contributed by atoms with Crippen LogP contribution in [0.25, 0.3) is 0 Å². The van der Waals surface area contributed by atoms with Gasteiger partial charge in [0.05, 0.1) is 12.6 Å². The number of hydrogen-bond donors (Lipinski definition) is 0. The van der Waals surface area contributed by atoms with Gasteiger partial charge in [-0.3, -0.25) is 9.78 Å². The first-order valence-corrected chi connectivity index (χ1v) is 6.68. The van der Waals surface area contributed by atoms with E-state index in [-0.39, 0.29) is 5.78 Å². The molecular weight excluding hydrogens is 246 g/mol. The molecule has 1 heterocycles. The fourth-order valence-corrected chi connectivity index (χ4v) is 2.31. The highest BCUT2D eigenvalue weighted by Gasteiger charge is 2.05. The first-order chi connectivity index (χ1) is 8.78. The number of aromatic nitrogens is 1. The number of benzene rings is 1. The van der Waals surface area contributed by atoms with Gasteiger partial charge >= 0.3 is 0 Å². The van der Waals surface area contributed by atoms with Gasteiger partial charge in [-0.15, -0.1) is 11.3 Å². The van der Waals surface area contributed by atoms with E-state index in [1.807, 2.05) is 24.3 Å². The highest BCUT2D eigenvalue weighted by atomic mass is 32.1. The van der Waals surface area contributed by atoms with Crippen LogP contribution in [0, 0.1) is 0 Å². The molecule has 0 fully saturated rings. The van der Waals surface area contributed by atoms with Crippen LogP contribution in [0.2, 0.25) is 0 Å². The normalized spacial score (nSPS) is 10.3. The first-order valence-electron chi connectivity index (χ1n) is 5.80. The van der Waals surface area contributed by atoms with Gasteiger partial charge in [0.15, 0.2) is 0 Å². The number of ether oxygens (including phenoxy) is 1. The minimum absolute atomic E-state index is 0.259. The molecule has 0 aliphatic heterocycles. The maximum absolute atomic E-state index is 11.8. The van der Waals surface area contributed by atoms with Crippen LogP contribution >= 0.6 is 11.3 Å². The zero-order chi connectivity index (χ0) is 12.8. The van der Waals surface area contributed by atoms with Crippen molar-refractivity contribution in [2.45, 2.75) is 19.3 Å². The summed E-state index contributed by atoms with van der Waals surface area (Å²) in [5, 5.41) is 0. The fraction of sp³-hybridized carbons (Fsp3) is 0.286. The molecular formula is C14H15NO2S. The van der Waals surface area contributed by atoms with Crippen LogP contribution in [0.5, 0.6) is 5.75 Å². The van der Waals surface area contributed by atoms with Gasteiger partial charge in [-0.1, -0.05) is 12.1 Å². The van der Waals surface area contributed by atoms with Crippen LogP contribution in [0.1, 0.15) is 16.9 Å². The lowest BCUT2D eigenvalue weighted by molar-refractivity contribution is -0.118. The summed E-state index contributed by atoms with van der Waals surface area (Å²) < 4.78 is 5.09. The third kappa shape index (κ3) is 3.67. The van der Waals surface area contributed by atoms with Gasteiger partial charge in [0.25, 0.3) is 0 Å². The quantitative estimate of drug-likeness (QED) is 0.802. The van der Waals surface area contributed by atoms with Gasteiger partial charge in [-0.2, -0.15) is 0 Å². The molecule has 0 saturated heterocycles. The van der Waals surface area contributed by atoms with Crippen molar-refractivity contribution in [2.75, 3.05) is 7.11 Å². The third-order valence-corrected chi connectivity index (χ3v) is 3.49. The maximum atomic E-state index is 11.8. The summed E-state index contributed by atoms with van der Waals surface area (Å²) in [5.41, 5.74) is 2.92. The van der Waals surface area contributed by atoms with E-state index in [0.29, 0.717) is 12.8 Å². The van der Waals surface area contributed by atoms with Crippen LogP contribution < -0.4 is 4.74 Å². The second-order valence-corrected chi connectivity index (χ2v) is 5.00.